The van der Waals surface area contributed by atoms with E-state index in [1.807, 2.05) is 48.2 Å². The fraction of sp³-hybridized carbons (Fsp3) is 0.136. The Morgan fingerprint density at radius 1 is 1.06 bits per heavy atom. The van der Waals surface area contributed by atoms with Gasteiger partial charge >= 0.3 is 0 Å². The van der Waals surface area contributed by atoms with Gasteiger partial charge in [0.25, 0.3) is 10.0 Å². The zero-order valence-corrected chi connectivity index (χ0v) is 19.3. The molecule has 0 aliphatic carbocycles. The molecule has 0 aliphatic rings. The molecule has 0 aliphatic heterocycles. The lowest BCUT2D eigenvalue weighted by Gasteiger charge is -2.16. The maximum Gasteiger partial charge on any atom is 0.265 e. The monoisotopic (exact) mass is 464 g/mol. The van der Waals surface area contributed by atoms with Gasteiger partial charge in [-0.25, -0.2) is 22.7 Å². The number of hydrogen-bond acceptors (Lipinski definition) is 6. The van der Waals surface area contributed by atoms with Crippen LogP contribution in [0.2, 0.25) is 0 Å². The van der Waals surface area contributed by atoms with Crippen LogP contribution in [0.15, 0.2) is 65.3 Å². The lowest BCUT2D eigenvalue weighted by molar-refractivity contribution is 0.594. The van der Waals surface area contributed by atoms with Crippen LogP contribution in [-0.2, 0) is 10.0 Å². The number of thiazole rings is 1. The van der Waals surface area contributed by atoms with Crippen molar-refractivity contribution in [2.24, 2.45) is 0 Å². The number of imidazole rings is 1. The molecule has 8 nitrogen and oxygen atoms in total. The Morgan fingerprint density at radius 2 is 1.81 bits per heavy atom. The number of sulfonamides is 1. The number of fused-ring (bicyclic) bond motifs is 1. The molecule has 32 heavy (non-hydrogen) atoms. The minimum Gasteiger partial charge on any atom is -0.299 e. The largest absolute Gasteiger partial charge is 0.299 e. The summed E-state index contributed by atoms with van der Waals surface area (Å²) in [5.41, 5.74) is 6.29. The summed E-state index contributed by atoms with van der Waals surface area (Å²) in [6.45, 7) is 3.79. The topological polar surface area (TPSA) is 96.2 Å². The summed E-state index contributed by atoms with van der Waals surface area (Å²) < 4.78 is 29.3. The van der Waals surface area contributed by atoms with Crippen LogP contribution >= 0.6 is 11.3 Å². The van der Waals surface area contributed by atoms with Gasteiger partial charge < -0.3 is 0 Å². The van der Waals surface area contributed by atoms with E-state index in [9.17, 15) is 8.42 Å². The molecule has 0 saturated carbocycles. The number of nitrogens with zero attached hydrogens (tertiary/aromatic N) is 5. The number of aryl methyl sites for hydroxylation is 2. The summed E-state index contributed by atoms with van der Waals surface area (Å²) in [5, 5.41) is 9.35. The van der Waals surface area contributed by atoms with Crippen molar-refractivity contribution in [2.45, 2.75) is 18.7 Å². The fourth-order valence-corrected chi connectivity index (χ4v) is 5.69. The Hall–Kier alpha value is -3.50. The van der Waals surface area contributed by atoms with Crippen molar-refractivity contribution in [1.82, 2.24) is 24.6 Å². The smallest absolute Gasteiger partial charge is 0.265 e. The maximum atomic E-state index is 13.0. The van der Waals surface area contributed by atoms with Gasteiger partial charge in [0.15, 0.2) is 5.13 Å². The van der Waals surface area contributed by atoms with Gasteiger partial charge in [0.05, 0.1) is 28.2 Å². The molecule has 5 aromatic rings. The molecular weight excluding hydrogens is 444 g/mol. The van der Waals surface area contributed by atoms with Crippen LogP contribution in [0.4, 0.5) is 5.13 Å². The van der Waals surface area contributed by atoms with E-state index in [4.69, 9.17) is 0 Å². The lowest BCUT2D eigenvalue weighted by atomic mass is 10.1. The van der Waals surface area contributed by atoms with Crippen molar-refractivity contribution < 1.29 is 8.42 Å². The predicted octanol–water partition coefficient (Wildman–Crippen LogP) is 4.29. The summed E-state index contributed by atoms with van der Waals surface area (Å²) in [6.07, 6.45) is 5.67. The van der Waals surface area contributed by atoms with Gasteiger partial charge in [-0.05, 0) is 38.1 Å². The van der Waals surface area contributed by atoms with Crippen molar-refractivity contribution in [1.29, 1.82) is 0 Å². The van der Waals surface area contributed by atoms with Gasteiger partial charge in [0, 0.05) is 41.5 Å². The summed E-state index contributed by atoms with van der Waals surface area (Å²) in [6, 6.07) is 10.8. The second-order valence-electron chi connectivity index (χ2n) is 7.44. The standard InChI is InChI=1S/C22H20N6O2S2/c1-14-13-31-22(25-14)27(3)32(29,30)18-7-4-16(5-8-18)20-11-23-21-9-6-17(12-28(20)21)19-10-24-26-15(19)2/h4-13H,1-3H3,(H,24,26). The SMILES string of the molecule is Cc1csc(N(C)S(=O)(=O)c2ccc(-c3cnc4ccc(-c5c[nH]nc5C)cn34)cc2)n1. The minimum absolute atomic E-state index is 0.208. The van der Waals surface area contributed by atoms with Crippen molar-refractivity contribution in [3.8, 4) is 22.4 Å². The Kier molecular flexibility index (Phi) is 4.83. The van der Waals surface area contributed by atoms with E-state index in [0.29, 0.717) is 5.13 Å². The van der Waals surface area contributed by atoms with Gasteiger partial charge in [-0.15, -0.1) is 11.3 Å². The third-order valence-corrected chi connectivity index (χ3v) is 8.24. The first-order chi connectivity index (χ1) is 15.3. The Morgan fingerprint density at radius 3 is 2.47 bits per heavy atom. The van der Waals surface area contributed by atoms with Crippen molar-refractivity contribution in [2.75, 3.05) is 11.4 Å². The Balaban J connectivity index is 1.51. The zero-order chi connectivity index (χ0) is 22.5. The summed E-state index contributed by atoms with van der Waals surface area (Å²) in [4.78, 5) is 8.97. The number of pyridine rings is 1. The molecule has 0 saturated heterocycles. The Labute approximate surface area is 189 Å². The molecule has 0 atom stereocenters. The molecule has 5 rings (SSSR count). The predicted molar refractivity (Wildman–Crippen MR) is 125 cm³/mol. The Bertz CT molecular complexity index is 1530. The molecule has 0 radical (unpaired) electrons. The number of hydrogen-bond donors (Lipinski definition) is 1. The van der Waals surface area contributed by atoms with Crippen LogP contribution in [-0.4, -0.2) is 40.0 Å². The number of rotatable bonds is 5. The second kappa shape index (κ2) is 7.57. The first-order valence-electron chi connectivity index (χ1n) is 9.84. The number of anilines is 1. The molecule has 0 fully saturated rings. The molecular formula is C22H20N6O2S2. The zero-order valence-electron chi connectivity index (χ0n) is 17.6. The lowest BCUT2D eigenvalue weighted by Crippen LogP contribution is -2.26. The molecule has 1 N–H and O–H groups in total. The van der Waals surface area contributed by atoms with E-state index in [1.165, 1.54) is 22.7 Å². The second-order valence-corrected chi connectivity index (χ2v) is 10.2. The third kappa shape index (κ3) is 3.37. The van der Waals surface area contributed by atoms with Crippen molar-refractivity contribution in [3.05, 3.63) is 71.8 Å². The van der Waals surface area contributed by atoms with Gasteiger partial charge in [0.2, 0.25) is 0 Å². The van der Waals surface area contributed by atoms with Crippen molar-refractivity contribution >= 4 is 32.1 Å². The normalized spacial score (nSPS) is 11.8. The molecule has 0 unspecified atom stereocenters. The van der Waals surface area contributed by atoms with E-state index in [-0.39, 0.29) is 4.90 Å². The molecule has 4 aromatic heterocycles. The van der Waals surface area contributed by atoms with Crippen LogP contribution in [0.1, 0.15) is 11.4 Å². The third-order valence-electron chi connectivity index (χ3n) is 5.33. The van der Waals surface area contributed by atoms with E-state index in [0.717, 1.165) is 39.4 Å². The molecule has 10 heteroatoms. The highest BCUT2D eigenvalue weighted by atomic mass is 32.2. The van der Waals surface area contributed by atoms with Gasteiger partial charge in [-0.1, -0.05) is 12.1 Å². The molecule has 162 valence electrons. The quantitative estimate of drug-likeness (QED) is 0.419. The average molecular weight is 465 g/mol. The minimum atomic E-state index is -3.70. The van der Waals surface area contributed by atoms with Gasteiger partial charge in [-0.2, -0.15) is 5.10 Å². The maximum absolute atomic E-state index is 13.0. The van der Waals surface area contributed by atoms with Crippen LogP contribution in [0.25, 0.3) is 28.0 Å². The molecule has 4 heterocycles. The molecule has 0 spiro atoms. The first kappa shape index (κ1) is 20.4. The summed E-state index contributed by atoms with van der Waals surface area (Å²) in [5.74, 6) is 0. The first-order valence-corrected chi connectivity index (χ1v) is 12.2. The summed E-state index contributed by atoms with van der Waals surface area (Å²) >= 11 is 1.30. The van der Waals surface area contributed by atoms with E-state index < -0.39 is 10.0 Å². The highest BCUT2D eigenvalue weighted by Crippen LogP contribution is 2.29. The number of nitrogens with one attached hydrogen (secondary N) is 1. The molecule has 0 bridgehead atoms. The van der Waals surface area contributed by atoms with Crippen LogP contribution < -0.4 is 4.31 Å². The number of H-pyrrole nitrogens is 1. The summed E-state index contributed by atoms with van der Waals surface area (Å²) in [7, 11) is -2.18. The van der Waals surface area contributed by atoms with Crippen LogP contribution in [0.5, 0.6) is 0 Å². The molecule has 1 aromatic carbocycles. The number of benzene rings is 1. The number of aromatic amines is 1. The van der Waals surface area contributed by atoms with Gasteiger partial charge in [0.1, 0.15) is 5.65 Å². The van der Waals surface area contributed by atoms with Crippen LogP contribution in [0.3, 0.4) is 0 Å². The van der Waals surface area contributed by atoms with E-state index in [1.54, 1.807) is 30.5 Å². The highest BCUT2D eigenvalue weighted by molar-refractivity contribution is 7.93. The molecule has 0 amide bonds. The number of aromatic nitrogens is 5. The highest BCUT2D eigenvalue weighted by Gasteiger charge is 2.23. The van der Waals surface area contributed by atoms with E-state index in [2.05, 4.69) is 20.2 Å². The van der Waals surface area contributed by atoms with E-state index >= 15 is 0 Å². The van der Waals surface area contributed by atoms with Gasteiger partial charge in [-0.3, -0.25) is 9.50 Å². The average Bonchev–Trinajstić information content (AvgIpc) is 3.52. The van der Waals surface area contributed by atoms with Crippen LogP contribution in [0, 0.1) is 13.8 Å². The van der Waals surface area contributed by atoms with Crippen molar-refractivity contribution in [3.63, 3.8) is 0 Å². The fourth-order valence-electron chi connectivity index (χ4n) is 3.55.